The van der Waals surface area contributed by atoms with Crippen molar-refractivity contribution in [3.63, 3.8) is 0 Å². The Morgan fingerprint density at radius 3 is 2.25 bits per heavy atom. The molecular formula is C13H22N2S. The minimum atomic E-state index is 0.158. The van der Waals surface area contributed by atoms with Crippen molar-refractivity contribution in [2.24, 2.45) is 5.92 Å². The molecule has 2 heterocycles. The third-order valence-electron chi connectivity index (χ3n) is 1.86. The number of nitrogens with zero attached hydrogens (tertiary/aromatic N) is 2. The van der Waals surface area contributed by atoms with Crippen molar-refractivity contribution in [3.8, 4) is 0 Å². The fraction of sp³-hybridized carbons (Fsp3) is 0.615. The summed E-state index contributed by atoms with van der Waals surface area (Å²) >= 11 is 1.68. The van der Waals surface area contributed by atoms with Gasteiger partial charge in [0.05, 0.1) is 5.69 Å². The molecule has 0 saturated carbocycles. The molecule has 2 nitrogen and oxygen atoms in total. The lowest BCUT2D eigenvalue weighted by atomic mass is 9.93. The molecule has 0 aliphatic heterocycles. The molecule has 0 aliphatic rings. The number of fused-ring (bicyclic) bond motifs is 1. The van der Waals surface area contributed by atoms with Crippen LogP contribution in [0.2, 0.25) is 0 Å². The van der Waals surface area contributed by atoms with Crippen LogP contribution in [0.15, 0.2) is 17.8 Å². The van der Waals surface area contributed by atoms with E-state index in [0.717, 1.165) is 16.6 Å². The van der Waals surface area contributed by atoms with Crippen LogP contribution in [0.1, 0.15) is 47.2 Å². The van der Waals surface area contributed by atoms with E-state index in [2.05, 4.69) is 62.5 Å². The third kappa shape index (κ3) is 3.63. The second-order valence-electron chi connectivity index (χ2n) is 5.70. The number of hydrogen-bond acceptors (Lipinski definition) is 2. The first-order valence-corrected chi connectivity index (χ1v) is 6.61. The summed E-state index contributed by atoms with van der Waals surface area (Å²) in [6.07, 6.45) is 4.15. The molecule has 0 saturated heterocycles. The zero-order valence-corrected chi connectivity index (χ0v) is 11.9. The SMILES string of the molecule is CC(C)(C)c1cn2ccsc2n1.CC(C)C. The molecule has 0 amide bonds. The maximum atomic E-state index is 4.53. The van der Waals surface area contributed by atoms with Gasteiger partial charge in [0.15, 0.2) is 4.96 Å². The van der Waals surface area contributed by atoms with Crippen LogP contribution in [-0.2, 0) is 5.41 Å². The maximum Gasteiger partial charge on any atom is 0.193 e. The molecule has 0 N–H and O–H groups in total. The van der Waals surface area contributed by atoms with Crippen LogP contribution in [-0.4, -0.2) is 9.38 Å². The molecule has 2 aromatic heterocycles. The normalized spacial score (nSPS) is 11.7. The predicted molar refractivity (Wildman–Crippen MR) is 72.3 cm³/mol. The monoisotopic (exact) mass is 238 g/mol. The van der Waals surface area contributed by atoms with Crippen molar-refractivity contribution in [2.75, 3.05) is 0 Å². The summed E-state index contributed by atoms with van der Waals surface area (Å²) in [5, 5.41) is 2.05. The van der Waals surface area contributed by atoms with E-state index in [0.29, 0.717) is 0 Å². The smallest absolute Gasteiger partial charge is 0.193 e. The molecule has 0 bridgehead atoms. The lowest BCUT2D eigenvalue weighted by Crippen LogP contribution is -2.11. The number of imidazole rings is 1. The zero-order chi connectivity index (χ0) is 12.3. The van der Waals surface area contributed by atoms with Gasteiger partial charge in [0.1, 0.15) is 0 Å². The summed E-state index contributed by atoms with van der Waals surface area (Å²) in [5.41, 5.74) is 1.32. The van der Waals surface area contributed by atoms with E-state index in [4.69, 9.17) is 0 Å². The second kappa shape index (κ2) is 5.00. The van der Waals surface area contributed by atoms with Crippen molar-refractivity contribution in [2.45, 2.75) is 47.0 Å². The van der Waals surface area contributed by atoms with Crippen molar-refractivity contribution in [1.82, 2.24) is 9.38 Å². The van der Waals surface area contributed by atoms with E-state index in [-0.39, 0.29) is 5.41 Å². The summed E-state index contributed by atoms with van der Waals surface area (Å²) in [7, 11) is 0. The summed E-state index contributed by atoms with van der Waals surface area (Å²) in [6.45, 7) is 13.0. The number of aromatic nitrogens is 2. The van der Waals surface area contributed by atoms with Crippen LogP contribution in [0.25, 0.3) is 4.96 Å². The number of thiazole rings is 1. The molecule has 0 aliphatic carbocycles. The maximum absolute atomic E-state index is 4.53. The van der Waals surface area contributed by atoms with Crippen molar-refractivity contribution in [1.29, 1.82) is 0 Å². The first-order valence-electron chi connectivity index (χ1n) is 5.73. The van der Waals surface area contributed by atoms with Gasteiger partial charge in [0.25, 0.3) is 0 Å². The van der Waals surface area contributed by atoms with E-state index in [9.17, 15) is 0 Å². The average molecular weight is 238 g/mol. The fourth-order valence-corrected chi connectivity index (χ4v) is 1.79. The van der Waals surface area contributed by atoms with E-state index < -0.39 is 0 Å². The Kier molecular flexibility index (Phi) is 4.14. The molecule has 3 heteroatoms. The molecule has 16 heavy (non-hydrogen) atoms. The minimum absolute atomic E-state index is 0.158. The van der Waals surface area contributed by atoms with Crippen LogP contribution in [0.5, 0.6) is 0 Å². The van der Waals surface area contributed by atoms with E-state index in [1.807, 2.05) is 6.20 Å². The lowest BCUT2D eigenvalue weighted by Gasteiger charge is -2.13. The quantitative estimate of drug-likeness (QED) is 0.666. The van der Waals surface area contributed by atoms with Crippen LogP contribution in [0, 0.1) is 5.92 Å². The largest absolute Gasteiger partial charge is 0.297 e. The highest BCUT2D eigenvalue weighted by atomic mass is 32.1. The topological polar surface area (TPSA) is 17.3 Å². The molecule has 0 unspecified atom stereocenters. The Balaban J connectivity index is 0.000000280. The van der Waals surface area contributed by atoms with Gasteiger partial charge in [-0.3, -0.25) is 4.40 Å². The van der Waals surface area contributed by atoms with Gasteiger partial charge < -0.3 is 0 Å². The number of hydrogen-bond donors (Lipinski definition) is 0. The highest BCUT2D eigenvalue weighted by Gasteiger charge is 2.17. The van der Waals surface area contributed by atoms with Crippen LogP contribution in [0.4, 0.5) is 0 Å². The standard InChI is InChI=1S/C9H12N2S.C4H10/c1-9(2,3)7-6-11-4-5-12-8(11)10-7;1-4(2)3/h4-6H,1-3H3;4H,1-3H3. The zero-order valence-electron chi connectivity index (χ0n) is 11.1. The number of rotatable bonds is 0. The Hall–Kier alpha value is -0.830. The Morgan fingerprint density at radius 1 is 1.25 bits per heavy atom. The summed E-state index contributed by atoms with van der Waals surface area (Å²) in [5.74, 6) is 0.833. The molecule has 0 aromatic carbocycles. The molecule has 0 fully saturated rings. The Bertz CT molecular complexity index is 401. The van der Waals surface area contributed by atoms with Crippen LogP contribution >= 0.6 is 11.3 Å². The summed E-state index contributed by atoms with van der Waals surface area (Å²) in [6, 6.07) is 0. The fourth-order valence-electron chi connectivity index (χ4n) is 1.09. The highest BCUT2D eigenvalue weighted by molar-refractivity contribution is 7.15. The first-order chi connectivity index (χ1) is 7.30. The molecule has 2 rings (SSSR count). The van der Waals surface area contributed by atoms with Gasteiger partial charge in [0, 0.05) is 23.2 Å². The van der Waals surface area contributed by atoms with Gasteiger partial charge in [-0.15, -0.1) is 11.3 Å². The predicted octanol–water partition coefficient (Wildman–Crippen LogP) is 4.36. The van der Waals surface area contributed by atoms with Crippen LogP contribution in [0.3, 0.4) is 0 Å². The van der Waals surface area contributed by atoms with E-state index in [1.54, 1.807) is 11.3 Å². The van der Waals surface area contributed by atoms with Gasteiger partial charge in [-0.25, -0.2) is 4.98 Å². The summed E-state index contributed by atoms with van der Waals surface area (Å²) < 4.78 is 2.07. The molecule has 90 valence electrons. The van der Waals surface area contributed by atoms with Gasteiger partial charge >= 0.3 is 0 Å². The Labute approximate surface area is 102 Å². The Morgan fingerprint density at radius 2 is 1.81 bits per heavy atom. The summed E-state index contributed by atoms with van der Waals surface area (Å²) in [4.78, 5) is 5.61. The van der Waals surface area contributed by atoms with Gasteiger partial charge in [-0.05, 0) is 5.92 Å². The first kappa shape index (κ1) is 13.2. The third-order valence-corrected chi connectivity index (χ3v) is 2.63. The van der Waals surface area contributed by atoms with Gasteiger partial charge in [-0.1, -0.05) is 41.5 Å². The highest BCUT2D eigenvalue weighted by Crippen LogP contribution is 2.22. The molecule has 0 radical (unpaired) electrons. The average Bonchev–Trinajstić information content (AvgIpc) is 2.56. The second-order valence-corrected chi connectivity index (χ2v) is 6.57. The van der Waals surface area contributed by atoms with Gasteiger partial charge in [0.2, 0.25) is 0 Å². The molecule has 0 atom stereocenters. The minimum Gasteiger partial charge on any atom is -0.297 e. The van der Waals surface area contributed by atoms with Crippen molar-refractivity contribution < 1.29 is 0 Å². The van der Waals surface area contributed by atoms with Crippen molar-refractivity contribution >= 4 is 16.3 Å². The van der Waals surface area contributed by atoms with Crippen molar-refractivity contribution in [3.05, 3.63) is 23.5 Å². The van der Waals surface area contributed by atoms with Crippen LogP contribution < -0.4 is 0 Å². The van der Waals surface area contributed by atoms with E-state index >= 15 is 0 Å². The van der Waals surface area contributed by atoms with E-state index in [1.165, 1.54) is 0 Å². The molecule has 2 aromatic rings. The molecule has 0 spiro atoms. The van der Waals surface area contributed by atoms with Gasteiger partial charge in [-0.2, -0.15) is 0 Å². The molecular weight excluding hydrogens is 216 g/mol. The lowest BCUT2D eigenvalue weighted by molar-refractivity contribution is 0.573.